The summed E-state index contributed by atoms with van der Waals surface area (Å²) < 4.78 is 41.0. The third-order valence-electron chi connectivity index (χ3n) is 4.91. The first-order valence-corrected chi connectivity index (χ1v) is 12.8. The zero-order valence-electron chi connectivity index (χ0n) is 18.9. The Morgan fingerprint density at radius 2 is 1.88 bits per heavy atom. The molecule has 0 saturated carbocycles. The monoisotopic (exact) mass is 502 g/mol. The molecule has 2 saturated heterocycles. The van der Waals surface area contributed by atoms with Crippen LogP contribution in [0.4, 0.5) is 0 Å². The van der Waals surface area contributed by atoms with Gasteiger partial charge in [0, 0.05) is 0 Å². The molecule has 0 aromatic heterocycles. The van der Waals surface area contributed by atoms with Crippen molar-refractivity contribution < 1.29 is 37.1 Å². The molecule has 2 aliphatic rings. The van der Waals surface area contributed by atoms with Crippen LogP contribution in [-0.2, 0) is 28.6 Å². The molecular formula is C21H30N2O8S2. The van der Waals surface area contributed by atoms with E-state index in [0.29, 0.717) is 5.17 Å². The Bertz CT molecular complexity index is 975. The van der Waals surface area contributed by atoms with Crippen molar-refractivity contribution in [3.63, 3.8) is 0 Å². The van der Waals surface area contributed by atoms with Crippen molar-refractivity contribution in [2.75, 3.05) is 13.2 Å². The number of aryl methyl sites for hydroxylation is 1. The lowest BCUT2D eigenvalue weighted by Crippen LogP contribution is -2.59. The highest BCUT2D eigenvalue weighted by Crippen LogP contribution is 2.34. The van der Waals surface area contributed by atoms with E-state index in [1.54, 1.807) is 32.9 Å². The molecule has 1 aromatic carbocycles. The second-order valence-corrected chi connectivity index (χ2v) is 11.6. The Morgan fingerprint density at radius 3 is 2.52 bits per heavy atom. The van der Waals surface area contributed by atoms with Gasteiger partial charge in [-0.2, -0.15) is 8.42 Å². The van der Waals surface area contributed by atoms with Crippen molar-refractivity contribution in [2.45, 2.75) is 74.4 Å². The quantitative estimate of drug-likeness (QED) is 0.364. The fourth-order valence-electron chi connectivity index (χ4n) is 3.26. The number of amidine groups is 1. The molecule has 1 unspecified atom stereocenters. The minimum absolute atomic E-state index is 0.00635. The van der Waals surface area contributed by atoms with E-state index in [4.69, 9.17) is 13.7 Å². The van der Waals surface area contributed by atoms with E-state index in [2.05, 4.69) is 10.3 Å². The highest BCUT2D eigenvalue weighted by Gasteiger charge is 2.49. The average molecular weight is 503 g/mol. The SMILES string of the molecule is Cc1ccc(S(=O)(=O)OCC2O[C@@H]3SC(=NCCC(=O)OC(C)(C)C)N[C@H]3[C@@H](O)[C@@H]2O)cc1. The third kappa shape index (κ3) is 6.90. The number of rotatable bonds is 7. The van der Waals surface area contributed by atoms with Crippen molar-refractivity contribution >= 4 is 33.0 Å². The molecule has 0 amide bonds. The summed E-state index contributed by atoms with van der Waals surface area (Å²) in [5.41, 5.74) is -0.278. The molecule has 5 atom stereocenters. The number of hydrogen-bond acceptors (Lipinski definition) is 10. The lowest BCUT2D eigenvalue weighted by molar-refractivity contribution is -0.164. The number of esters is 1. The van der Waals surface area contributed by atoms with Gasteiger partial charge in [0.15, 0.2) is 5.17 Å². The number of carbonyl (C=O) groups excluding carboxylic acids is 1. The van der Waals surface area contributed by atoms with Gasteiger partial charge in [-0.1, -0.05) is 29.5 Å². The predicted octanol–water partition coefficient (Wildman–Crippen LogP) is 0.940. The normalized spacial score (nSPS) is 28.9. The number of thioether (sulfide) groups is 1. The molecule has 1 aromatic rings. The van der Waals surface area contributed by atoms with Crippen LogP contribution in [0.3, 0.4) is 0 Å². The van der Waals surface area contributed by atoms with Gasteiger partial charge >= 0.3 is 5.97 Å². The van der Waals surface area contributed by atoms with Crippen LogP contribution in [0.1, 0.15) is 32.8 Å². The molecule has 12 heteroatoms. The van der Waals surface area contributed by atoms with Gasteiger partial charge in [-0.25, -0.2) is 0 Å². The van der Waals surface area contributed by atoms with Crippen LogP contribution >= 0.6 is 11.8 Å². The van der Waals surface area contributed by atoms with Crippen molar-refractivity contribution in [3.05, 3.63) is 29.8 Å². The van der Waals surface area contributed by atoms with Gasteiger partial charge < -0.3 is 25.0 Å². The van der Waals surface area contributed by atoms with E-state index < -0.39 is 52.1 Å². The van der Waals surface area contributed by atoms with Crippen LogP contribution in [0.15, 0.2) is 34.2 Å². The molecule has 0 spiro atoms. The number of aliphatic imine (C=N–C) groups is 1. The Hall–Kier alpha value is -1.70. The molecule has 10 nitrogen and oxygen atoms in total. The largest absolute Gasteiger partial charge is 0.460 e. The Morgan fingerprint density at radius 1 is 1.21 bits per heavy atom. The standard InChI is InChI=1S/C21H30N2O8S2/c1-12-5-7-13(8-6-12)33(27,28)29-11-14-17(25)18(26)16-19(30-14)32-20(23-16)22-10-9-15(24)31-21(2,3)4/h5-8,14,16-19,25-26H,9-11H2,1-4H3,(H,22,23)/t14?,16-,17+,18+,19+/m0/s1. The maximum Gasteiger partial charge on any atom is 0.308 e. The number of aliphatic hydroxyl groups excluding tert-OH is 2. The molecule has 0 aliphatic carbocycles. The molecule has 2 heterocycles. The summed E-state index contributed by atoms with van der Waals surface area (Å²) in [6, 6.07) is 5.53. The first-order valence-electron chi connectivity index (χ1n) is 10.5. The summed E-state index contributed by atoms with van der Waals surface area (Å²) in [4.78, 5) is 16.1. The van der Waals surface area contributed by atoms with Crippen LogP contribution < -0.4 is 5.32 Å². The summed E-state index contributed by atoms with van der Waals surface area (Å²) in [6.07, 6.45) is -3.56. The average Bonchev–Trinajstić information content (AvgIpc) is 3.11. The van der Waals surface area contributed by atoms with Crippen LogP contribution in [0.5, 0.6) is 0 Å². The number of ether oxygens (including phenoxy) is 2. The number of benzene rings is 1. The summed E-state index contributed by atoms with van der Waals surface area (Å²) in [6.45, 7) is 6.92. The van der Waals surface area contributed by atoms with Crippen LogP contribution in [0.25, 0.3) is 0 Å². The highest BCUT2D eigenvalue weighted by atomic mass is 32.2. The number of nitrogens with one attached hydrogen (secondary N) is 1. The Labute approximate surface area is 197 Å². The number of fused-ring (bicyclic) bond motifs is 1. The van der Waals surface area contributed by atoms with E-state index in [1.807, 2.05) is 6.92 Å². The molecule has 0 bridgehead atoms. The van der Waals surface area contributed by atoms with Gasteiger partial charge in [0.1, 0.15) is 29.3 Å². The summed E-state index contributed by atoms with van der Waals surface area (Å²) in [5.74, 6) is -0.369. The minimum atomic E-state index is -4.05. The van der Waals surface area contributed by atoms with Gasteiger partial charge in [-0.15, -0.1) is 0 Å². The zero-order valence-corrected chi connectivity index (χ0v) is 20.6. The number of nitrogens with zero attached hydrogens (tertiary/aromatic N) is 1. The fraction of sp³-hybridized carbons (Fsp3) is 0.619. The lowest BCUT2D eigenvalue weighted by atomic mass is 9.98. The molecule has 33 heavy (non-hydrogen) atoms. The van der Waals surface area contributed by atoms with E-state index in [0.717, 1.165) is 5.56 Å². The maximum absolute atomic E-state index is 12.4. The predicted molar refractivity (Wildman–Crippen MR) is 122 cm³/mol. The van der Waals surface area contributed by atoms with E-state index >= 15 is 0 Å². The van der Waals surface area contributed by atoms with Crippen LogP contribution in [0.2, 0.25) is 0 Å². The second-order valence-electron chi connectivity index (χ2n) is 8.89. The first-order chi connectivity index (χ1) is 15.4. The Balaban J connectivity index is 1.56. The number of aliphatic hydroxyl groups is 2. The summed E-state index contributed by atoms with van der Waals surface area (Å²) in [5, 5.41) is 24.4. The van der Waals surface area contributed by atoms with Gasteiger partial charge in [0.2, 0.25) is 0 Å². The molecule has 184 valence electrons. The second kappa shape index (κ2) is 10.3. The van der Waals surface area contributed by atoms with Crippen molar-refractivity contribution in [3.8, 4) is 0 Å². The lowest BCUT2D eigenvalue weighted by Gasteiger charge is -2.38. The molecule has 3 rings (SSSR count). The molecular weight excluding hydrogens is 472 g/mol. The number of carbonyl (C=O) groups is 1. The molecule has 0 radical (unpaired) electrons. The highest BCUT2D eigenvalue weighted by molar-refractivity contribution is 8.14. The Kier molecular flexibility index (Phi) is 8.07. The maximum atomic E-state index is 12.4. The van der Waals surface area contributed by atoms with E-state index in [9.17, 15) is 23.4 Å². The molecule has 2 fully saturated rings. The topological polar surface area (TPSA) is 144 Å². The molecule has 3 N–H and O–H groups in total. The summed E-state index contributed by atoms with van der Waals surface area (Å²) in [7, 11) is -4.05. The van der Waals surface area contributed by atoms with Crippen molar-refractivity contribution in [2.24, 2.45) is 4.99 Å². The van der Waals surface area contributed by atoms with E-state index in [1.165, 1.54) is 23.9 Å². The number of hydrogen-bond donors (Lipinski definition) is 3. The third-order valence-corrected chi connectivity index (χ3v) is 7.31. The first kappa shape index (κ1) is 25.9. The van der Waals surface area contributed by atoms with Gasteiger partial charge in [-0.3, -0.25) is 14.0 Å². The molecule has 2 aliphatic heterocycles. The minimum Gasteiger partial charge on any atom is -0.460 e. The smallest absolute Gasteiger partial charge is 0.308 e. The van der Waals surface area contributed by atoms with E-state index in [-0.39, 0.29) is 23.8 Å². The van der Waals surface area contributed by atoms with Gasteiger partial charge in [0.25, 0.3) is 10.1 Å². The summed E-state index contributed by atoms with van der Waals surface area (Å²) >= 11 is 1.19. The fourth-order valence-corrected chi connectivity index (χ4v) is 5.35. The van der Waals surface area contributed by atoms with Crippen LogP contribution in [0, 0.1) is 6.92 Å². The van der Waals surface area contributed by atoms with Crippen LogP contribution in [-0.4, -0.2) is 78.3 Å². The van der Waals surface area contributed by atoms with Gasteiger partial charge in [0.05, 0.1) is 30.5 Å². The van der Waals surface area contributed by atoms with Gasteiger partial charge in [-0.05, 0) is 39.8 Å². The zero-order chi connectivity index (χ0) is 24.4. The van der Waals surface area contributed by atoms with Crippen molar-refractivity contribution in [1.82, 2.24) is 5.32 Å². The van der Waals surface area contributed by atoms with Crippen molar-refractivity contribution in [1.29, 1.82) is 0 Å².